The third-order valence-corrected chi connectivity index (χ3v) is 2.88. The Bertz CT molecular complexity index is 362. The molecule has 0 radical (unpaired) electrons. The smallest absolute Gasteiger partial charge is 0.0449 e. The quantitative estimate of drug-likeness (QED) is 0.630. The van der Waals surface area contributed by atoms with Crippen molar-refractivity contribution >= 4 is 17.7 Å². The summed E-state index contributed by atoms with van der Waals surface area (Å²) in [7, 11) is 0. The molecule has 0 spiro atoms. The molecule has 0 heterocycles. The molecule has 0 unspecified atom stereocenters. The van der Waals surface area contributed by atoms with E-state index in [0.29, 0.717) is 5.92 Å². The number of hydrogen-bond acceptors (Lipinski definition) is 0. The zero-order valence-electron chi connectivity index (χ0n) is 7.97. The molecule has 0 aliphatic heterocycles. The first-order chi connectivity index (χ1) is 6.18. The monoisotopic (exact) mass is 192 g/mol. The lowest BCUT2D eigenvalue weighted by molar-refractivity contribution is 0.865. The van der Waals surface area contributed by atoms with Crippen LogP contribution in [0.4, 0.5) is 0 Å². The molecule has 0 nitrogen and oxygen atoms in total. The van der Waals surface area contributed by atoms with Crippen molar-refractivity contribution in [1.82, 2.24) is 0 Å². The number of hydrogen-bond donors (Lipinski definition) is 0. The van der Waals surface area contributed by atoms with Gasteiger partial charge in [-0.05, 0) is 35.1 Å². The second-order valence-electron chi connectivity index (χ2n) is 3.83. The predicted octanol–water partition coefficient (Wildman–Crippen LogP) is 4.03. The average molecular weight is 193 g/mol. The molecule has 0 bridgehead atoms. The van der Waals surface area contributed by atoms with Gasteiger partial charge in [-0.15, -0.1) is 0 Å². The fourth-order valence-corrected chi connectivity index (χ4v) is 1.99. The van der Waals surface area contributed by atoms with Crippen LogP contribution >= 0.6 is 11.6 Å². The van der Waals surface area contributed by atoms with Crippen molar-refractivity contribution in [2.24, 2.45) is 0 Å². The molecule has 0 saturated carbocycles. The van der Waals surface area contributed by atoms with Crippen molar-refractivity contribution in [3.8, 4) is 0 Å². The van der Waals surface area contributed by atoms with Crippen molar-refractivity contribution in [1.29, 1.82) is 0 Å². The summed E-state index contributed by atoms with van der Waals surface area (Å²) in [6, 6.07) is 4.34. The molecule has 1 aromatic carbocycles. The van der Waals surface area contributed by atoms with E-state index in [9.17, 15) is 0 Å². The summed E-state index contributed by atoms with van der Waals surface area (Å²) in [5.74, 6) is 0.553. The normalized spacial score (nSPS) is 13.8. The molecule has 68 valence electrons. The molecule has 0 aromatic heterocycles. The van der Waals surface area contributed by atoms with Crippen LogP contribution in [0, 0.1) is 0 Å². The second-order valence-corrected chi connectivity index (χ2v) is 4.24. The van der Waals surface area contributed by atoms with Crippen LogP contribution in [0.3, 0.4) is 0 Å². The molecule has 1 heteroatoms. The molecular weight excluding hydrogens is 180 g/mol. The summed E-state index contributed by atoms with van der Waals surface area (Å²) in [4.78, 5) is 0. The van der Waals surface area contributed by atoms with Crippen LogP contribution in [0.25, 0.3) is 6.08 Å². The lowest BCUT2D eigenvalue weighted by Crippen LogP contribution is -1.91. The van der Waals surface area contributed by atoms with E-state index in [4.69, 9.17) is 11.6 Å². The summed E-state index contributed by atoms with van der Waals surface area (Å²) in [5.41, 5.74) is 3.91. The highest BCUT2D eigenvalue weighted by molar-refractivity contribution is 6.31. The van der Waals surface area contributed by atoms with Crippen LogP contribution in [0.2, 0.25) is 5.02 Å². The highest BCUT2D eigenvalue weighted by Crippen LogP contribution is 2.31. The first-order valence-corrected chi connectivity index (χ1v) is 5.05. The van der Waals surface area contributed by atoms with Gasteiger partial charge in [-0.25, -0.2) is 0 Å². The molecule has 0 saturated heterocycles. The van der Waals surface area contributed by atoms with Crippen LogP contribution in [0.15, 0.2) is 18.2 Å². The van der Waals surface area contributed by atoms with Gasteiger partial charge >= 0.3 is 0 Å². The van der Waals surface area contributed by atoms with Gasteiger partial charge in [-0.2, -0.15) is 0 Å². The summed E-state index contributed by atoms with van der Waals surface area (Å²) >= 11 is 6.18. The van der Waals surface area contributed by atoms with Crippen LogP contribution in [-0.2, 0) is 6.42 Å². The third-order valence-electron chi connectivity index (χ3n) is 2.54. The van der Waals surface area contributed by atoms with E-state index in [1.54, 1.807) is 0 Å². The lowest BCUT2D eigenvalue weighted by Gasteiger charge is -2.09. The van der Waals surface area contributed by atoms with Gasteiger partial charge in [-0.1, -0.05) is 43.7 Å². The fraction of sp³-hybridized carbons (Fsp3) is 0.333. The fourth-order valence-electron chi connectivity index (χ4n) is 1.68. The molecular formula is C12H13Cl. The predicted molar refractivity (Wildman–Crippen MR) is 58.3 cm³/mol. The van der Waals surface area contributed by atoms with Gasteiger partial charge in [0, 0.05) is 5.02 Å². The van der Waals surface area contributed by atoms with Crippen LogP contribution in [0.1, 0.15) is 36.5 Å². The van der Waals surface area contributed by atoms with E-state index < -0.39 is 0 Å². The maximum atomic E-state index is 6.18. The summed E-state index contributed by atoms with van der Waals surface area (Å²) < 4.78 is 0. The van der Waals surface area contributed by atoms with Gasteiger partial charge < -0.3 is 0 Å². The van der Waals surface area contributed by atoms with Crippen LogP contribution < -0.4 is 0 Å². The number of allylic oxidation sites excluding steroid dienone is 1. The average Bonchev–Trinajstić information content (AvgIpc) is 2.51. The molecule has 0 atom stereocenters. The van der Waals surface area contributed by atoms with Crippen molar-refractivity contribution in [2.75, 3.05) is 0 Å². The molecule has 1 aromatic rings. The highest BCUT2D eigenvalue weighted by Gasteiger charge is 2.11. The van der Waals surface area contributed by atoms with Crippen molar-refractivity contribution < 1.29 is 0 Å². The minimum atomic E-state index is 0.553. The summed E-state index contributed by atoms with van der Waals surface area (Å²) in [6.07, 6.45) is 5.32. The van der Waals surface area contributed by atoms with E-state index in [2.05, 4.69) is 38.1 Å². The van der Waals surface area contributed by atoms with E-state index in [-0.39, 0.29) is 0 Å². The van der Waals surface area contributed by atoms with Gasteiger partial charge in [-0.3, -0.25) is 0 Å². The van der Waals surface area contributed by atoms with Gasteiger partial charge in [0.25, 0.3) is 0 Å². The lowest BCUT2D eigenvalue weighted by atomic mass is 9.98. The number of rotatable bonds is 1. The van der Waals surface area contributed by atoms with Crippen molar-refractivity contribution in [3.05, 3.63) is 39.9 Å². The molecule has 0 amide bonds. The molecule has 0 fully saturated rings. The molecule has 1 aliphatic rings. The van der Waals surface area contributed by atoms with E-state index in [1.165, 1.54) is 16.7 Å². The Morgan fingerprint density at radius 2 is 2.08 bits per heavy atom. The van der Waals surface area contributed by atoms with Crippen molar-refractivity contribution in [2.45, 2.75) is 26.2 Å². The SMILES string of the molecule is CC(C)c1cc(Cl)c2c(c1)C=CC2. The zero-order valence-corrected chi connectivity index (χ0v) is 8.73. The second kappa shape index (κ2) is 3.19. The van der Waals surface area contributed by atoms with Gasteiger partial charge in [0.1, 0.15) is 0 Å². The van der Waals surface area contributed by atoms with Gasteiger partial charge in [0.05, 0.1) is 0 Å². The van der Waals surface area contributed by atoms with E-state index in [1.807, 2.05) is 0 Å². The Morgan fingerprint density at radius 3 is 2.77 bits per heavy atom. The van der Waals surface area contributed by atoms with E-state index >= 15 is 0 Å². The molecule has 0 N–H and O–H groups in total. The van der Waals surface area contributed by atoms with Crippen molar-refractivity contribution in [3.63, 3.8) is 0 Å². The number of halogens is 1. The zero-order chi connectivity index (χ0) is 9.42. The minimum absolute atomic E-state index is 0.553. The number of fused-ring (bicyclic) bond motifs is 1. The summed E-state index contributed by atoms with van der Waals surface area (Å²) in [5, 5.41) is 0.922. The Hall–Kier alpha value is -0.750. The molecule has 2 rings (SSSR count). The van der Waals surface area contributed by atoms with Crippen LogP contribution in [-0.4, -0.2) is 0 Å². The summed E-state index contributed by atoms with van der Waals surface area (Å²) in [6.45, 7) is 4.38. The third kappa shape index (κ3) is 1.51. The largest absolute Gasteiger partial charge is 0.0840 e. The van der Waals surface area contributed by atoms with E-state index in [0.717, 1.165) is 11.4 Å². The number of benzene rings is 1. The van der Waals surface area contributed by atoms with Gasteiger partial charge in [0.2, 0.25) is 0 Å². The maximum Gasteiger partial charge on any atom is 0.0449 e. The first kappa shape index (κ1) is 8.83. The molecule has 1 aliphatic carbocycles. The minimum Gasteiger partial charge on any atom is -0.0840 e. The standard InChI is InChI=1S/C12H13Cl/c1-8(2)10-6-9-4-3-5-11(9)12(13)7-10/h3-4,6-8H,5H2,1-2H3. The molecule has 13 heavy (non-hydrogen) atoms. The maximum absolute atomic E-state index is 6.18. The first-order valence-electron chi connectivity index (χ1n) is 4.67. The van der Waals surface area contributed by atoms with Crippen LogP contribution in [0.5, 0.6) is 0 Å². The Labute approximate surface area is 84.2 Å². The Morgan fingerprint density at radius 1 is 1.31 bits per heavy atom. The van der Waals surface area contributed by atoms with Gasteiger partial charge in [0.15, 0.2) is 0 Å². The topological polar surface area (TPSA) is 0 Å². The Kier molecular flexibility index (Phi) is 2.17. The Balaban J connectivity index is 2.54. The highest BCUT2D eigenvalue weighted by atomic mass is 35.5.